The number of allylic oxidation sites excluding steroid dienone is 2. The molecule has 2 nitrogen and oxygen atoms in total. The minimum absolute atomic E-state index is 0.130. The van der Waals surface area contributed by atoms with Crippen LogP contribution in [0, 0.1) is 29.6 Å². The van der Waals surface area contributed by atoms with Crippen LogP contribution in [-0.2, 0) is 9.53 Å². The minimum atomic E-state index is -0.205. The third kappa shape index (κ3) is 3.06. The fourth-order valence-electron chi connectivity index (χ4n) is 6.20. The SMILES string of the molecule is CC(OC(=O)C1CC2C=CC1C2)(C1CCCCC1)C1CCCCC1. The molecule has 4 aliphatic carbocycles. The Balaban J connectivity index is 1.50. The second-order valence-electron chi connectivity index (χ2n) is 9.16. The van der Waals surface area contributed by atoms with Crippen molar-refractivity contribution < 1.29 is 9.53 Å². The summed E-state index contributed by atoms with van der Waals surface area (Å²) in [5.74, 6) is 2.56. The Hall–Kier alpha value is -0.790. The summed E-state index contributed by atoms with van der Waals surface area (Å²) in [6.45, 7) is 2.31. The first-order chi connectivity index (χ1) is 11.7. The molecular weight excluding hydrogens is 296 g/mol. The van der Waals surface area contributed by atoms with Gasteiger partial charge in [0.2, 0.25) is 0 Å². The van der Waals surface area contributed by atoms with Crippen LogP contribution in [0.25, 0.3) is 0 Å². The molecule has 2 bridgehead atoms. The highest BCUT2D eigenvalue weighted by Gasteiger charge is 2.48. The summed E-state index contributed by atoms with van der Waals surface area (Å²) in [6.07, 6.45) is 19.9. The van der Waals surface area contributed by atoms with Gasteiger partial charge in [-0.25, -0.2) is 0 Å². The minimum Gasteiger partial charge on any atom is -0.459 e. The number of ether oxygens (including phenoxy) is 1. The molecule has 0 saturated heterocycles. The Kier molecular flexibility index (Phi) is 4.75. The van der Waals surface area contributed by atoms with Gasteiger partial charge in [-0.1, -0.05) is 50.7 Å². The van der Waals surface area contributed by atoms with Gasteiger partial charge in [0.1, 0.15) is 5.60 Å². The van der Waals surface area contributed by atoms with E-state index in [0.29, 0.717) is 23.7 Å². The van der Waals surface area contributed by atoms with Crippen LogP contribution < -0.4 is 0 Å². The van der Waals surface area contributed by atoms with Gasteiger partial charge in [-0.2, -0.15) is 0 Å². The first-order valence-electron chi connectivity index (χ1n) is 10.6. The zero-order chi connectivity index (χ0) is 16.6. The third-order valence-electron chi connectivity index (χ3n) is 7.73. The number of fused-ring (bicyclic) bond motifs is 2. The molecule has 0 spiro atoms. The van der Waals surface area contributed by atoms with Crippen molar-refractivity contribution in [1.82, 2.24) is 0 Å². The molecule has 0 aromatic heterocycles. The Bertz CT molecular complexity index is 464. The van der Waals surface area contributed by atoms with E-state index >= 15 is 0 Å². The quantitative estimate of drug-likeness (QED) is 0.491. The number of rotatable bonds is 4. The molecule has 0 aromatic rings. The zero-order valence-electron chi connectivity index (χ0n) is 15.3. The summed E-state index contributed by atoms with van der Waals surface area (Å²) >= 11 is 0. The van der Waals surface area contributed by atoms with Crippen LogP contribution in [0.1, 0.15) is 84.0 Å². The monoisotopic (exact) mass is 330 g/mol. The lowest BCUT2D eigenvalue weighted by molar-refractivity contribution is -0.182. The Morgan fingerprint density at radius 2 is 1.46 bits per heavy atom. The summed E-state index contributed by atoms with van der Waals surface area (Å²) in [6, 6.07) is 0. The predicted molar refractivity (Wildman–Crippen MR) is 96.5 cm³/mol. The number of hydrogen-bond donors (Lipinski definition) is 0. The van der Waals surface area contributed by atoms with Crippen molar-refractivity contribution in [2.24, 2.45) is 29.6 Å². The first-order valence-corrected chi connectivity index (χ1v) is 10.6. The van der Waals surface area contributed by atoms with E-state index in [4.69, 9.17) is 4.74 Å². The third-order valence-corrected chi connectivity index (χ3v) is 7.73. The van der Waals surface area contributed by atoms with Crippen LogP contribution >= 0.6 is 0 Å². The van der Waals surface area contributed by atoms with Crippen molar-refractivity contribution in [2.75, 3.05) is 0 Å². The van der Waals surface area contributed by atoms with E-state index in [9.17, 15) is 4.79 Å². The number of esters is 1. The van der Waals surface area contributed by atoms with E-state index in [1.807, 2.05) is 0 Å². The maximum Gasteiger partial charge on any atom is 0.310 e. The zero-order valence-corrected chi connectivity index (χ0v) is 15.3. The van der Waals surface area contributed by atoms with Crippen molar-refractivity contribution in [3.63, 3.8) is 0 Å². The number of hydrogen-bond acceptors (Lipinski definition) is 2. The van der Waals surface area contributed by atoms with Crippen molar-refractivity contribution in [2.45, 2.75) is 89.6 Å². The molecule has 3 saturated carbocycles. The van der Waals surface area contributed by atoms with Crippen LogP contribution in [0.3, 0.4) is 0 Å². The number of carbonyl (C=O) groups excluding carboxylic acids is 1. The number of carbonyl (C=O) groups is 1. The second-order valence-corrected chi connectivity index (χ2v) is 9.16. The van der Waals surface area contributed by atoms with Gasteiger partial charge in [-0.3, -0.25) is 4.79 Å². The average molecular weight is 331 g/mol. The molecule has 0 aliphatic heterocycles. The van der Waals surface area contributed by atoms with Crippen LogP contribution in [0.5, 0.6) is 0 Å². The van der Waals surface area contributed by atoms with Crippen molar-refractivity contribution in [1.29, 1.82) is 0 Å². The molecule has 3 fully saturated rings. The molecule has 0 radical (unpaired) electrons. The van der Waals surface area contributed by atoms with E-state index in [2.05, 4.69) is 19.1 Å². The maximum atomic E-state index is 13.1. The van der Waals surface area contributed by atoms with Crippen molar-refractivity contribution >= 4 is 5.97 Å². The molecular formula is C22H34O2. The summed E-state index contributed by atoms with van der Waals surface area (Å²) in [7, 11) is 0. The molecule has 24 heavy (non-hydrogen) atoms. The lowest BCUT2D eigenvalue weighted by atomic mass is 9.67. The predicted octanol–water partition coefficient (Wildman–Crippen LogP) is 5.66. The molecule has 0 N–H and O–H groups in total. The Labute approximate surface area is 147 Å². The first kappa shape index (κ1) is 16.7. The van der Waals surface area contributed by atoms with Crippen molar-refractivity contribution in [3.8, 4) is 0 Å². The van der Waals surface area contributed by atoms with Gasteiger partial charge >= 0.3 is 5.97 Å². The van der Waals surface area contributed by atoms with Gasteiger partial charge in [0, 0.05) is 0 Å². The van der Waals surface area contributed by atoms with Gasteiger partial charge in [0.15, 0.2) is 0 Å². The topological polar surface area (TPSA) is 26.3 Å². The van der Waals surface area contributed by atoms with Crippen LogP contribution in [-0.4, -0.2) is 11.6 Å². The summed E-state index contributed by atoms with van der Waals surface area (Å²) in [5.41, 5.74) is -0.205. The van der Waals surface area contributed by atoms with Crippen molar-refractivity contribution in [3.05, 3.63) is 12.2 Å². The van der Waals surface area contributed by atoms with Gasteiger partial charge in [-0.15, -0.1) is 0 Å². The Morgan fingerprint density at radius 1 is 0.875 bits per heavy atom. The second kappa shape index (κ2) is 6.84. The molecule has 2 heteroatoms. The van der Waals surface area contributed by atoms with Gasteiger partial charge in [0.25, 0.3) is 0 Å². The molecule has 4 aliphatic rings. The van der Waals surface area contributed by atoms with Crippen LogP contribution in [0.15, 0.2) is 12.2 Å². The fraction of sp³-hybridized carbons (Fsp3) is 0.864. The maximum absolute atomic E-state index is 13.1. The molecule has 0 heterocycles. The summed E-state index contributed by atoms with van der Waals surface area (Å²) < 4.78 is 6.48. The standard InChI is InChI=1S/C22H34O2/c1-22(18-8-4-2-5-9-18,19-10-6-3-7-11-19)24-21(23)20-15-16-12-13-17(20)14-16/h12-13,16-20H,2-11,14-15H2,1H3. The van der Waals surface area contributed by atoms with Gasteiger partial charge in [0.05, 0.1) is 5.92 Å². The highest BCUT2D eigenvalue weighted by atomic mass is 16.6. The van der Waals surface area contributed by atoms with Gasteiger partial charge < -0.3 is 4.74 Å². The van der Waals surface area contributed by atoms with Crippen LogP contribution in [0.2, 0.25) is 0 Å². The molecule has 3 unspecified atom stereocenters. The highest BCUT2D eigenvalue weighted by molar-refractivity contribution is 5.74. The normalized spacial score (nSPS) is 34.6. The molecule has 0 aromatic carbocycles. The van der Waals surface area contributed by atoms with E-state index < -0.39 is 0 Å². The molecule has 4 rings (SSSR count). The van der Waals surface area contributed by atoms with E-state index in [-0.39, 0.29) is 17.5 Å². The van der Waals surface area contributed by atoms with E-state index in [1.54, 1.807) is 0 Å². The largest absolute Gasteiger partial charge is 0.459 e. The molecule has 3 atom stereocenters. The average Bonchev–Trinajstić information content (AvgIpc) is 3.26. The molecule has 134 valence electrons. The summed E-state index contributed by atoms with van der Waals surface area (Å²) in [5, 5.41) is 0. The van der Waals surface area contributed by atoms with E-state index in [1.165, 1.54) is 70.6 Å². The lowest BCUT2D eigenvalue weighted by Gasteiger charge is -2.46. The molecule has 0 amide bonds. The lowest BCUT2D eigenvalue weighted by Crippen LogP contribution is -2.49. The van der Waals surface area contributed by atoms with Crippen LogP contribution in [0.4, 0.5) is 0 Å². The fourth-order valence-corrected chi connectivity index (χ4v) is 6.20. The van der Waals surface area contributed by atoms with Gasteiger partial charge in [-0.05, 0) is 69.1 Å². The highest BCUT2D eigenvalue weighted by Crippen LogP contribution is 2.48. The van der Waals surface area contributed by atoms with E-state index in [0.717, 1.165) is 6.42 Å². The smallest absolute Gasteiger partial charge is 0.310 e. The Morgan fingerprint density at radius 3 is 1.92 bits per heavy atom. The summed E-state index contributed by atoms with van der Waals surface area (Å²) in [4.78, 5) is 13.1.